The van der Waals surface area contributed by atoms with E-state index in [0.29, 0.717) is 5.69 Å². The predicted molar refractivity (Wildman–Crippen MR) is 65.4 cm³/mol. The molecule has 2 aromatic rings. The van der Waals surface area contributed by atoms with Crippen molar-refractivity contribution in [1.82, 2.24) is 19.9 Å². The molecule has 0 aliphatic rings. The monoisotopic (exact) mass is 288 g/mol. The van der Waals surface area contributed by atoms with E-state index in [0.717, 1.165) is 5.01 Å². The molecule has 2 rings (SSSR count). The first-order valence-corrected chi connectivity index (χ1v) is 7.43. The largest absolute Gasteiger partial charge is 0.392 e. The lowest BCUT2D eigenvalue weighted by Crippen LogP contribution is -2.24. The molecular weight excluding hydrogens is 276 g/mol. The Morgan fingerprint density at radius 3 is 2.94 bits per heavy atom. The number of aromatic nitrogens is 3. The molecule has 0 saturated heterocycles. The van der Waals surface area contributed by atoms with Crippen LogP contribution in [0.4, 0.5) is 0 Å². The number of thiazole rings is 1. The van der Waals surface area contributed by atoms with E-state index < -0.39 is 10.0 Å². The first kappa shape index (κ1) is 13.1. The Labute approximate surface area is 108 Å². The van der Waals surface area contributed by atoms with Gasteiger partial charge in [-0.2, -0.15) is 5.10 Å². The quantitative estimate of drug-likeness (QED) is 0.725. The molecule has 0 aliphatic carbocycles. The van der Waals surface area contributed by atoms with Crippen LogP contribution in [0.3, 0.4) is 0 Å². The van der Waals surface area contributed by atoms with E-state index in [1.54, 1.807) is 5.38 Å². The Bertz CT molecular complexity index is 632. The molecule has 0 aliphatic heterocycles. The van der Waals surface area contributed by atoms with Crippen molar-refractivity contribution in [3.63, 3.8) is 0 Å². The molecule has 2 heterocycles. The highest BCUT2D eigenvalue weighted by molar-refractivity contribution is 7.89. The van der Waals surface area contributed by atoms with E-state index in [-0.39, 0.29) is 23.7 Å². The van der Waals surface area contributed by atoms with Gasteiger partial charge in [-0.1, -0.05) is 0 Å². The second-order valence-corrected chi connectivity index (χ2v) is 6.33. The first-order valence-electron chi connectivity index (χ1n) is 5.06. The highest BCUT2D eigenvalue weighted by Gasteiger charge is 2.20. The number of H-pyrrole nitrogens is 1. The molecule has 0 fully saturated rings. The molecule has 0 radical (unpaired) electrons. The molecule has 0 aromatic carbocycles. The summed E-state index contributed by atoms with van der Waals surface area (Å²) >= 11 is 1.45. The lowest BCUT2D eigenvalue weighted by atomic mass is 10.4. The molecule has 0 atom stereocenters. The summed E-state index contributed by atoms with van der Waals surface area (Å²) in [6.45, 7) is 1.57. The van der Waals surface area contributed by atoms with Gasteiger partial charge in [0.15, 0.2) is 5.03 Å². The number of aliphatic hydroxyl groups is 1. The summed E-state index contributed by atoms with van der Waals surface area (Å²) in [5.41, 5.74) is 0.892. The van der Waals surface area contributed by atoms with Crippen molar-refractivity contribution in [3.05, 3.63) is 27.8 Å². The van der Waals surface area contributed by atoms with Crippen LogP contribution < -0.4 is 4.72 Å². The smallest absolute Gasteiger partial charge is 0.258 e. The van der Waals surface area contributed by atoms with Gasteiger partial charge in [0.2, 0.25) is 0 Å². The highest BCUT2D eigenvalue weighted by atomic mass is 32.2. The summed E-state index contributed by atoms with van der Waals surface area (Å²) in [5, 5.41) is 17.5. The summed E-state index contributed by atoms with van der Waals surface area (Å²) in [5.74, 6) is 0. The highest BCUT2D eigenvalue weighted by Crippen LogP contribution is 2.13. The van der Waals surface area contributed by atoms with Crippen LogP contribution in [-0.2, 0) is 23.2 Å². The zero-order valence-electron chi connectivity index (χ0n) is 9.54. The number of rotatable bonds is 5. The second kappa shape index (κ2) is 5.14. The van der Waals surface area contributed by atoms with E-state index in [1.165, 1.54) is 17.5 Å². The van der Waals surface area contributed by atoms with Crippen LogP contribution in [0.25, 0.3) is 0 Å². The van der Waals surface area contributed by atoms with Gasteiger partial charge in [-0.15, -0.1) is 11.3 Å². The Morgan fingerprint density at radius 1 is 1.56 bits per heavy atom. The van der Waals surface area contributed by atoms with Crippen molar-refractivity contribution in [3.8, 4) is 0 Å². The van der Waals surface area contributed by atoms with E-state index in [4.69, 9.17) is 5.11 Å². The van der Waals surface area contributed by atoms with Gasteiger partial charge in [-0.25, -0.2) is 18.1 Å². The zero-order chi connectivity index (χ0) is 13.2. The van der Waals surface area contributed by atoms with Crippen LogP contribution >= 0.6 is 11.3 Å². The van der Waals surface area contributed by atoms with Crippen molar-refractivity contribution in [2.24, 2.45) is 0 Å². The summed E-state index contributed by atoms with van der Waals surface area (Å²) in [6, 6.07) is 0. The molecule has 9 heteroatoms. The number of aromatic amines is 1. The van der Waals surface area contributed by atoms with Crippen molar-refractivity contribution in [2.45, 2.75) is 25.1 Å². The number of hydrogen-bond acceptors (Lipinski definition) is 6. The van der Waals surface area contributed by atoms with Crippen LogP contribution in [0.2, 0.25) is 0 Å². The molecule has 0 spiro atoms. The number of aryl methyl sites for hydroxylation is 1. The van der Waals surface area contributed by atoms with Gasteiger partial charge in [0.1, 0.15) is 0 Å². The maximum atomic E-state index is 11.9. The van der Waals surface area contributed by atoms with Crippen LogP contribution in [0.15, 0.2) is 16.6 Å². The minimum atomic E-state index is -3.71. The predicted octanol–water partition coefficient (Wildman–Crippen LogP) is 0.145. The number of sulfonamides is 1. The normalized spacial score (nSPS) is 11.9. The van der Waals surface area contributed by atoms with Gasteiger partial charge in [-0.3, -0.25) is 5.10 Å². The SMILES string of the molecule is Cc1nc(CNS(=O)(=O)c2[nH]ncc2CO)cs1. The van der Waals surface area contributed by atoms with Gasteiger partial charge in [0.05, 0.1) is 30.1 Å². The third-order valence-corrected chi connectivity index (χ3v) is 4.46. The maximum absolute atomic E-state index is 11.9. The van der Waals surface area contributed by atoms with E-state index in [9.17, 15) is 8.42 Å². The summed E-state index contributed by atoms with van der Waals surface area (Å²) < 4.78 is 26.3. The molecule has 3 N–H and O–H groups in total. The summed E-state index contributed by atoms with van der Waals surface area (Å²) in [6.07, 6.45) is 1.28. The standard InChI is InChI=1S/C9H12N4O3S2/c1-6-12-8(5-17-6)3-11-18(15,16)9-7(4-14)2-10-13-9/h2,5,11,14H,3-4H2,1H3,(H,10,13). The van der Waals surface area contributed by atoms with Crippen molar-refractivity contribution in [1.29, 1.82) is 0 Å². The van der Waals surface area contributed by atoms with Crippen molar-refractivity contribution in [2.75, 3.05) is 0 Å². The molecule has 0 bridgehead atoms. The fourth-order valence-corrected chi connectivity index (χ4v) is 3.11. The van der Waals surface area contributed by atoms with Crippen LogP contribution in [-0.4, -0.2) is 28.7 Å². The summed E-state index contributed by atoms with van der Waals surface area (Å²) in [4.78, 5) is 4.15. The minimum Gasteiger partial charge on any atom is -0.392 e. The molecule has 0 amide bonds. The van der Waals surface area contributed by atoms with E-state index in [1.807, 2.05) is 6.92 Å². The first-order chi connectivity index (χ1) is 8.53. The third kappa shape index (κ3) is 2.75. The number of nitrogens with zero attached hydrogens (tertiary/aromatic N) is 2. The minimum absolute atomic E-state index is 0.108. The Morgan fingerprint density at radius 2 is 2.33 bits per heavy atom. The van der Waals surface area contributed by atoms with Gasteiger partial charge in [0.25, 0.3) is 10.0 Å². The zero-order valence-corrected chi connectivity index (χ0v) is 11.2. The Balaban J connectivity index is 2.13. The molecule has 0 unspecified atom stereocenters. The molecule has 0 saturated carbocycles. The fraction of sp³-hybridized carbons (Fsp3) is 0.333. The van der Waals surface area contributed by atoms with Crippen LogP contribution in [0.5, 0.6) is 0 Å². The number of nitrogens with one attached hydrogen (secondary N) is 2. The molecule has 98 valence electrons. The molecule has 18 heavy (non-hydrogen) atoms. The average molecular weight is 288 g/mol. The third-order valence-electron chi connectivity index (χ3n) is 2.23. The van der Waals surface area contributed by atoms with E-state index >= 15 is 0 Å². The molecular formula is C9H12N4O3S2. The second-order valence-electron chi connectivity index (χ2n) is 3.56. The van der Waals surface area contributed by atoms with Gasteiger partial charge < -0.3 is 5.11 Å². The number of aliphatic hydroxyl groups excluding tert-OH is 1. The van der Waals surface area contributed by atoms with E-state index in [2.05, 4.69) is 19.9 Å². The van der Waals surface area contributed by atoms with Gasteiger partial charge >= 0.3 is 0 Å². The molecule has 2 aromatic heterocycles. The fourth-order valence-electron chi connectivity index (χ4n) is 1.38. The summed E-state index contributed by atoms with van der Waals surface area (Å²) in [7, 11) is -3.71. The average Bonchev–Trinajstić information content (AvgIpc) is 2.95. The lowest BCUT2D eigenvalue weighted by Gasteiger charge is -2.04. The lowest BCUT2D eigenvalue weighted by molar-refractivity contribution is 0.278. The van der Waals surface area contributed by atoms with Crippen molar-refractivity contribution < 1.29 is 13.5 Å². The van der Waals surface area contributed by atoms with Gasteiger partial charge in [-0.05, 0) is 6.92 Å². The van der Waals surface area contributed by atoms with Crippen LogP contribution in [0, 0.1) is 6.92 Å². The number of hydrogen-bond donors (Lipinski definition) is 3. The Hall–Kier alpha value is -1.29. The van der Waals surface area contributed by atoms with Crippen molar-refractivity contribution >= 4 is 21.4 Å². The Kier molecular flexibility index (Phi) is 3.76. The molecule has 7 nitrogen and oxygen atoms in total. The maximum Gasteiger partial charge on any atom is 0.258 e. The van der Waals surface area contributed by atoms with Gasteiger partial charge in [0, 0.05) is 10.9 Å². The van der Waals surface area contributed by atoms with Crippen LogP contribution in [0.1, 0.15) is 16.3 Å². The topological polar surface area (TPSA) is 108 Å².